The lowest BCUT2D eigenvalue weighted by molar-refractivity contribution is -0.126. The maximum absolute atomic E-state index is 11.9. The molecule has 1 aliphatic rings. The Kier molecular flexibility index (Phi) is 3.39. The van der Waals surface area contributed by atoms with E-state index in [1.807, 2.05) is 32.0 Å². The van der Waals surface area contributed by atoms with Gasteiger partial charge in [-0.1, -0.05) is 11.6 Å². The SMILES string of the molecule is COc1ccc(N2CCNC(=O)C2(C)C)cc1Cl. The van der Waals surface area contributed by atoms with Crippen LogP contribution < -0.4 is 15.0 Å². The molecule has 5 heteroatoms. The van der Waals surface area contributed by atoms with E-state index in [0.29, 0.717) is 17.3 Å². The number of amides is 1. The molecule has 1 N–H and O–H groups in total. The summed E-state index contributed by atoms with van der Waals surface area (Å²) >= 11 is 6.13. The van der Waals surface area contributed by atoms with Crippen LogP contribution in [-0.2, 0) is 4.79 Å². The molecule has 98 valence electrons. The Morgan fingerprint density at radius 2 is 2.17 bits per heavy atom. The number of nitrogens with zero attached hydrogens (tertiary/aromatic N) is 1. The third kappa shape index (κ3) is 2.12. The van der Waals surface area contributed by atoms with Gasteiger partial charge < -0.3 is 15.0 Å². The van der Waals surface area contributed by atoms with Crippen LogP contribution in [0.15, 0.2) is 18.2 Å². The van der Waals surface area contributed by atoms with E-state index in [9.17, 15) is 4.79 Å². The molecule has 1 aliphatic heterocycles. The van der Waals surface area contributed by atoms with Gasteiger partial charge in [0.1, 0.15) is 11.3 Å². The fourth-order valence-electron chi connectivity index (χ4n) is 2.17. The molecular weight excluding hydrogens is 252 g/mol. The molecule has 18 heavy (non-hydrogen) atoms. The third-order valence-corrected chi connectivity index (χ3v) is 3.59. The Morgan fingerprint density at radius 3 is 2.78 bits per heavy atom. The molecule has 4 nitrogen and oxygen atoms in total. The number of hydrogen-bond donors (Lipinski definition) is 1. The predicted octanol–water partition coefficient (Wildman–Crippen LogP) is 2.06. The Bertz CT molecular complexity index is 474. The third-order valence-electron chi connectivity index (χ3n) is 3.30. The number of ether oxygens (including phenoxy) is 1. The number of anilines is 1. The van der Waals surface area contributed by atoms with E-state index in [-0.39, 0.29) is 5.91 Å². The van der Waals surface area contributed by atoms with Crippen LogP contribution in [0, 0.1) is 0 Å². The second-order valence-corrected chi connectivity index (χ2v) is 5.19. The number of methoxy groups -OCH3 is 1. The lowest BCUT2D eigenvalue weighted by Crippen LogP contribution is -2.62. The topological polar surface area (TPSA) is 41.6 Å². The number of piperazine rings is 1. The van der Waals surface area contributed by atoms with Crippen LogP contribution >= 0.6 is 11.6 Å². The summed E-state index contributed by atoms with van der Waals surface area (Å²) < 4.78 is 5.13. The number of nitrogens with one attached hydrogen (secondary N) is 1. The number of benzene rings is 1. The number of halogens is 1. The average Bonchev–Trinajstić information content (AvgIpc) is 2.32. The van der Waals surface area contributed by atoms with Crippen molar-refractivity contribution in [3.63, 3.8) is 0 Å². The lowest BCUT2D eigenvalue weighted by atomic mass is 9.98. The molecule has 0 aliphatic carbocycles. The Hall–Kier alpha value is -1.42. The summed E-state index contributed by atoms with van der Waals surface area (Å²) in [4.78, 5) is 13.9. The number of hydrogen-bond acceptors (Lipinski definition) is 3. The van der Waals surface area contributed by atoms with Gasteiger partial charge in [0.15, 0.2) is 0 Å². The molecule has 1 saturated heterocycles. The molecule has 1 heterocycles. The van der Waals surface area contributed by atoms with Gasteiger partial charge in [-0.3, -0.25) is 4.79 Å². The fraction of sp³-hybridized carbons (Fsp3) is 0.462. The maximum Gasteiger partial charge on any atom is 0.245 e. The van der Waals surface area contributed by atoms with Gasteiger partial charge in [-0.15, -0.1) is 0 Å². The molecule has 0 unspecified atom stereocenters. The molecule has 0 bridgehead atoms. The van der Waals surface area contributed by atoms with Crippen molar-refractivity contribution in [3.8, 4) is 5.75 Å². The van der Waals surface area contributed by atoms with Crippen molar-refractivity contribution in [1.82, 2.24) is 5.32 Å². The van der Waals surface area contributed by atoms with Gasteiger partial charge >= 0.3 is 0 Å². The van der Waals surface area contributed by atoms with E-state index in [0.717, 1.165) is 12.2 Å². The van der Waals surface area contributed by atoms with E-state index in [1.165, 1.54) is 0 Å². The van der Waals surface area contributed by atoms with Crippen LogP contribution in [0.1, 0.15) is 13.8 Å². The number of carbonyl (C=O) groups excluding carboxylic acids is 1. The van der Waals surface area contributed by atoms with Gasteiger partial charge in [-0.2, -0.15) is 0 Å². The summed E-state index contributed by atoms with van der Waals surface area (Å²) in [5.74, 6) is 0.667. The van der Waals surface area contributed by atoms with Crippen molar-refractivity contribution < 1.29 is 9.53 Å². The molecule has 1 aromatic carbocycles. The van der Waals surface area contributed by atoms with Crippen molar-refractivity contribution in [2.75, 3.05) is 25.1 Å². The zero-order chi connectivity index (χ0) is 13.3. The highest BCUT2D eigenvalue weighted by Gasteiger charge is 2.37. The van der Waals surface area contributed by atoms with Crippen molar-refractivity contribution >= 4 is 23.2 Å². The van der Waals surface area contributed by atoms with Gasteiger partial charge in [0.05, 0.1) is 12.1 Å². The van der Waals surface area contributed by atoms with Gasteiger partial charge in [0.2, 0.25) is 5.91 Å². The Labute approximate surface area is 112 Å². The van der Waals surface area contributed by atoms with Crippen LogP contribution in [-0.4, -0.2) is 31.6 Å². The molecule has 0 radical (unpaired) electrons. The van der Waals surface area contributed by atoms with Gasteiger partial charge in [0, 0.05) is 18.8 Å². The van der Waals surface area contributed by atoms with E-state index in [1.54, 1.807) is 7.11 Å². The molecule has 1 amide bonds. The minimum atomic E-state index is -0.573. The molecule has 2 rings (SSSR count). The summed E-state index contributed by atoms with van der Waals surface area (Å²) in [6.07, 6.45) is 0. The van der Waals surface area contributed by atoms with Crippen LogP contribution in [0.2, 0.25) is 5.02 Å². The fourth-order valence-corrected chi connectivity index (χ4v) is 2.43. The van der Waals surface area contributed by atoms with Crippen LogP contribution in [0.4, 0.5) is 5.69 Å². The van der Waals surface area contributed by atoms with Crippen molar-refractivity contribution in [2.24, 2.45) is 0 Å². The molecule has 1 aromatic rings. The summed E-state index contributed by atoms with van der Waals surface area (Å²) in [5, 5.41) is 3.42. The predicted molar refractivity (Wildman–Crippen MR) is 72.4 cm³/mol. The van der Waals surface area contributed by atoms with Gasteiger partial charge in [-0.05, 0) is 32.0 Å². The number of carbonyl (C=O) groups is 1. The second kappa shape index (κ2) is 4.69. The van der Waals surface area contributed by atoms with Crippen LogP contribution in [0.25, 0.3) is 0 Å². The molecule has 0 atom stereocenters. The molecule has 0 aromatic heterocycles. The van der Waals surface area contributed by atoms with Crippen molar-refractivity contribution in [2.45, 2.75) is 19.4 Å². The summed E-state index contributed by atoms with van der Waals surface area (Å²) in [7, 11) is 1.58. The van der Waals surface area contributed by atoms with Crippen LogP contribution in [0.5, 0.6) is 5.75 Å². The summed E-state index contributed by atoms with van der Waals surface area (Å²) in [5.41, 5.74) is 0.358. The smallest absolute Gasteiger partial charge is 0.245 e. The van der Waals surface area contributed by atoms with E-state index >= 15 is 0 Å². The number of rotatable bonds is 2. The molecule has 1 fully saturated rings. The Morgan fingerprint density at radius 1 is 1.44 bits per heavy atom. The van der Waals surface area contributed by atoms with Crippen molar-refractivity contribution in [3.05, 3.63) is 23.2 Å². The summed E-state index contributed by atoms with van der Waals surface area (Å²) in [6, 6.07) is 5.58. The first-order chi connectivity index (χ1) is 8.46. The zero-order valence-corrected chi connectivity index (χ0v) is 11.5. The minimum Gasteiger partial charge on any atom is -0.495 e. The second-order valence-electron chi connectivity index (χ2n) is 4.79. The first-order valence-electron chi connectivity index (χ1n) is 5.86. The average molecular weight is 269 g/mol. The molecular formula is C13H17ClN2O2. The maximum atomic E-state index is 11.9. The Balaban J connectivity index is 2.36. The van der Waals surface area contributed by atoms with E-state index in [2.05, 4.69) is 10.2 Å². The first kappa shape index (κ1) is 13.0. The molecule has 0 saturated carbocycles. The lowest BCUT2D eigenvalue weighted by Gasteiger charge is -2.42. The summed E-state index contributed by atoms with van der Waals surface area (Å²) in [6.45, 7) is 5.21. The first-order valence-corrected chi connectivity index (χ1v) is 6.24. The quantitative estimate of drug-likeness (QED) is 0.893. The van der Waals surface area contributed by atoms with Crippen LogP contribution in [0.3, 0.4) is 0 Å². The largest absolute Gasteiger partial charge is 0.495 e. The zero-order valence-electron chi connectivity index (χ0n) is 10.8. The minimum absolute atomic E-state index is 0.0284. The highest BCUT2D eigenvalue weighted by Crippen LogP contribution is 2.32. The van der Waals surface area contributed by atoms with Gasteiger partial charge in [0.25, 0.3) is 0 Å². The monoisotopic (exact) mass is 268 g/mol. The highest BCUT2D eigenvalue weighted by atomic mass is 35.5. The van der Waals surface area contributed by atoms with Crippen molar-refractivity contribution in [1.29, 1.82) is 0 Å². The van der Waals surface area contributed by atoms with E-state index < -0.39 is 5.54 Å². The standard InChI is InChI=1S/C13H17ClN2O2/c1-13(2)12(17)15-6-7-16(13)9-4-5-11(18-3)10(14)8-9/h4-5,8H,6-7H2,1-3H3,(H,15,17). The van der Waals surface area contributed by atoms with E-state index in [4.69, 9.17) is 16.3 Å². The molecule has 0 spiro atoms. The van der Waals surface area contributed by atoms with Gasteiger partial charge in [-0.25, -0.2) is 0 Å². The highest BCUT2D eigenvalue weighted by molar-refractivity contribution is 6.32. The normalized spacial score (nSPS) is 18.4.